The number of para-hydroxylation sites is 1. The number of anilines is 2. The van der Waals surface area contributed by atoms with Crippen molar-refractivity contribution in [2.75, 3.05) is 30.7 Å². The van der Waals surface area contributed by atoms with E-state index in [-0.39, 0.29) is 0 Å². The van der Waals surface area contributed by atoms with Crippen LogP contribution in [-0.2, 0) is 0 Å². The Morgan fingerprint density at radius 3 is 2.58 bits per heavy atom. The molecule has 24 heavy (non-hydrogen) atoms. The number of nitrogens with two attached hydrogens (primary N) is 1. The van der Waals surface area contributed by atoms with Gasteiger partial charge >= 0.3 is 0 Å². The summed E-state index contributed by atoms with van der Waals surface area (Å²) < 4.78 is 0. The first-order valence-corrected chi connectivity index (χ1v) is 8.68. The summed E-state index contributed by atoms with van der Waals surface area (Å²) in [7, 11) is 0. The number of piperidine rings is 1. The Hall–Kier alpha value is -2.44. The van der Waals surface area contributed by atoms with Gasteiger partial charge in [-0.25, -0.2) is 0 Å². The van der Waals surface area contributed by atoms with Crippen LogP contribution in [0.2, 0.25) is 0 Å². The summed E-state index contributed by atoms with van der Waals surface area (Å²) in [5.74, 6) is 6.46. The van der Waals surface area contributed by atoms with Gasteiger partial charge in [-0.1, -0.05) is 36.1 Å². The van der Waals surface area contributed by atoms with Gasteiger partial charge in [-0.05, 0) is 43.2 Å². The number of hydrogen-bond donors (Lipinski definition) is 2. The maximum absolute atomic E-state index is 5.77. The van der Waals surface area contributed by atoms with E-state index >= 15 is 0 Å². The van der Waals surface area contributed by atoms with Gasteiger partial charge in [0.05, 0.1) is 0 Å². The number of nitrogen functional groups attached to an aromatic ring is 1. The van der Waals surface area contributed by atoms with Crippen LogP contribution in [0, 0.1) is 11.8 Å². The van der Waals surface area contributed by atoms with Gasteiger partial charge in [0.2, 0.25) is 0 Å². The first-order valence-electron chi connectivity index (χ1n) is 8.68. The molecule has 2 aromatic carbocycles. The molecule has 3 heteroatoms. The third kappa shape index (κ3) is 5.04. The van der Waals surface area contributed by atoms with Crippen LogP contribution in [0.15, 0.2) is 54.6 Å². The summed E-state index contributed by atoms with van der Waals surface area (Å²) >= 11 is 0. The second kappa shape index (κ2) is 8.42. The van der Waals surface area contributed by atoms with E-state index in [4.69, 9.17) is 5.73 Å². The Kier molecular flexibility index (Phi) is 5.76. The largest absolute Gasteiger partial charge is 0.399 e. The van der Waals surface area contributed by atoms with Crippen LogP contribution in [0.4, 0.5) is 11.4 Å². The van der Waals surface area contributed by atoms with Gasteiger partial charge in [-0.15, -0.1) is 0 Å². The third-order valence-corrected chi connectivity index (χ3v) is 4.40. The molecule has 0 aromatic heterocycles. The number of benzene rings is 2. The number of rotatable bonds is 4. The summed E-state index contributed by atoms with van der Waals surface area (Å²) in [6.45, 7) is 3.34. The Bertz CT molecular complexity index is 692. The minimum atomic E-state index is 0.585. The minimum Gasteiger partial charge on any atom is -0.399 e. The molecule has 0 amide bonds. The molecule has 0 spiro atoms. The van der Waals surface area contributed by atoms with Gasteiger partial charge in [0.25, 0.3) is 0 Å². The summed E-state index contributed by atoms with van der Waals surface area (Å²) in [5, 5.41) is 3.63. The van der Waals surface area contributed by atoms with Crippen molar-refractivity contribution in [2.24, 2.45) is 0 Å². The Morgan fingerprint density at radius 1 is 1.04 bits per heavy atom. The zero-order chi connectivity index (χ0) is 16.6. The van der Waals surface area contributed by atoms with Crippen LogP contribution < -0.4 is 11.1 Å². The molecule has 1 heterocycles. The molecule has 0 bridgehead atoms. The molecule has 3 N–H and O–H groups in total. The molecule has 124 valence electrons. The summed E-state index contributed by atoms with van der Waals surface area (Å²) in [4.78, 5) is 2.51. The number of nitrogens with one attached hydrogen (secondary N) is 1. The number of nitrogens with zero attached hydrogens (tertiary/aromatic N) is 1. The normalized spacial score (nSPS) is 15.5. The highest BCUT2D eigenvalue weighted by atomic mass is 15.1. The van der Waals surface area contributed by atoms with Crippen LogP contribution >= 0.6 is 0 Å². The van der Waals surface area contributed by atoms with Crippen LogP contribution in [0.5, 0.6) is 0 Å². The lowest BCUT2D eigenvalue weighted by atomic mass is 10.0. The molecule has 0 radical (unpaired) electrons. The van der Waals surface area contributed by atoms with Crippen LogP contribution in [0.1, 0.15) is 24.8 Å². The number of likely N-dealkylation sites (tertiary alicyclic amines) is 1. The first kappa shape index (κ1) is 16.4. The molecule has 0 atom stereocenters. The van der Waals surface area contributed by atoms with Crippen molar-refractivity contribution in [3.8, 4) is 11.8 Å². The van der Waals surface area contributed by atoms with E-state index in [1.54, 1.807) is 0 Å². The topological polar surface area (TPSA) is 41.3 Å². The van der Waals surface area contributed by atoms with E-state index in [1.807, 2.05) is 24.3 Å². The van der Waals surface area contributed by atoms with Crippen molar-refractivity contribution in [1.82, 2.24) is 4.90 Å². The Labute approximate surface area is 144 Å². The number of hydrogen-bond acceptors (Lipinski definition) is 3. The Balaban J connectivity index is 1.38. The lowest BCUT2D eigenvalue weighted by molar-refractivity contribution is 0.224. The zero-order valence-corrected chi connectivity index (χ0v) is 14.0. The standard InChI is InChI=1S/C21H25N3/c22-19-9-6-8-18(17-19)7-4-5-14-24-15-12-21(13-16-24)23-20-10-2-1-3-11-20/h1-3,6,8-11,17,21,23H,5,12-16,22H2. The van der Waals surface area contributed by atoms with Gasteiger partial charge in [0, 0.05) is 49.0 Å². The van der Waals surface area contributed by atoms with Crippen LogP contribution in [-0.4, -0.2) is 30.6 Å². The highest BCUT2D eigenvalue weighted by Gasteiger charge is 2.18. The molecule has 0 saturated carbocycles. The van der Waals surface area contributed by atoms with Crippen LogP contribution in [0.3, 0.4) is 0 Å². The quantitative estimate of drug-likeness (QED) is 0.668. The predicted molar refractivity (Wildman–Crippen MR) is 102 cm³/mol. The molecule has 0 unspecified atom stereocenters. The average Bonchev–Trinajstić information content (AvgIpc) is 2.61. The van der Waals surface area contributed by atoms with Gasteiger partial charge < -0.3 is 16.0 Å². The minimum absolute atomic E-state index is 0.585. The van der Waals surface area contributed by atoms with Gasteiger partial charge in [0.15, 0.2) is 0 Å². The molecule has 3 nitrogen and oxygen atoms in total. The molecular formula is C21H25N3. The monoisotopic (exact) mass is 319 g/mol. The molecule has 2 aromatic rings. The molecule has 0 aliphatic carbocycles. The van der Waals surface area contributed by atoms with E-state index in [1.165, 1.54) is 18.5 Å². The summed E-state index contributed by atoms with van der Waals surface area (Å²) in [6.07, 6.45) is 3.29. The highest BCUT2D eigenvalue weighted by Crippen LogP contribution is 2.16. The van der Waals surface area contributed by atoms with Crippen molar-refractivity contribution in [3.05, 3.63) is 60.2 Å². The predicted octanol–water partition coefficient (Wildman–Crippen LogP) is 3.59. The van der Waals surface area contributed by atoms with E-state index in [9.17, 15) is 0 Å². The smallest absolute Gasteiger partial charge is 0.0342 e. The average molecular weight is 319 g/mol. The van der Waals surface area contributed by atoms with Gasteiger partial charge in [-0.2, -0.15) is 0 Å². The van der Waals surface area contributed by atoms with Crippen molar-refractivity contribution in [2.45, 2.75) is 25.3 Å². The molecule has 3 rings (SSSR count). The van der Waals surface area contributed by atoms with E-state index in [0.29, 0.717) is 6.04 Å². The van der Waals surface area contributed by atoms with Gasteiger partial charge in [-0.3, -0.25) is 0 Å². The highest BCUT2D eigenvalue weighted by molar-refractivity contribution is 5.47. The van der Waals surface area contributed by atoms with Gasteiger partial charge in [0.1, 0.15) is 0 Å². The fourth-order valence-corrected chi connectivity index (χ4v) is 3.07. The first-order chi connectivity index (χ1) is 11.8. The summed E-state index contributed by atoms with van der Waals surface area (Å²) in [6, 6.07) is 18.8. The van der Waals surface area contributed by atoms with Crippen molar-refractivity contribution >= 4 is 11.4 Å². The summed E-state index contributed by atoms with van der Waals surface area (Å²) in [5.41, 5.74) is 8.77. The fraction of sp³-hybridized carbons (Fsp3) is 0.333. The third-order valence-electron chi connectivity index (χ3n) is 4.40. The maximum atomic E-state index is 5.77. The van der Waals surface area contributed by atoms with E-state index < -0.39 is 0 Å². The molecule has 1 aliphatic heterocycles. The molecule has 1 fully saturated rings. The lowest BCUT2D eigenvalue weighted by Gasteiger charge is -2.32. The fourth-order valence-electron chi connectivity index (χ4n) is 3.07. The Morgan fingerprint density at radius 2 is 1.83 bits per heavy atom. The second-order valence-corrected chi connectivity index (χ2v) is 6.30. The second-order valence-electron chi connectivity index (χ2n) is 6.30. The van der Waals surface area contributed by atoms with Crippen molar-refractivity contribution < 1.29 is 0 Å². The van der Waals surface area contributed by atoms with E-state index in [2.05, 4.69) is 52.4 Å². The SMILES string of the molecule is Nc1cccc(C#CCCN2CCC(Nc3ccccc3)CC2)c1. The molecule has 1 saturated heterocycles. The van der Waals surface area contributed by atoms with Crippen LogP contribution in [0.25, 0.3) is 0 Å². The van der Waals surface area contributed by atoms with E-state index in [0.717, 1.165) is 37.3 Å². The van der Waals surface area contributed by atoms with Crippen molar-refractivity contribution in [1.29, 1.82) is 0 Å². The maximum Gasteiger partial charge on any atom is 0.0342 e. The lowest BCUT2D eigenvalue weighted by Crippen LogP contribution is -2.39. The van der Waals surface area contributed by atoms with Crippen molar-refractivity contribution in [3.63, 3.8) is 0 Å². The molecule has 1 aliphatic rings. The molecular weight excluding hydrogens is 294 g/mol. The zero-order valence-electron chi connectivity index (χ0n) is 14.0.